The molecule has 0 aliphatic carbocycles. The molecule has 0 aliphatic rings. The van der Waals surface area contributed by atoms with E-state index >= 15 is 0 Å². The molecule has 0 radical (unpaired) electrons. The largest absolute Gasteiger partial charge is 0.478 e. The van der Waals surface area contributed by atoms with E-state index in [4.69, 9.17) is 10.3 Å². The van der Waals surface area contributed by atoms with Crippen molar-refractivity contribution in [2.75, 3.05) is 37.5 Å². The van der Waals surface area contributed by atoms with E-state index in [-0.39, 0.29) is 17.7 Å². The van der Waals surface area contributed by atoms with Crippen molar-refractivity contribution >= 4 is 31.1 Å². The standard InChI is InChI=1S/C17H32NO6PS/c1-5-24-25(22,10-13(2)3)11-14(16(19)20)8-6-7-9-26-12-15(18)17(21)23-4/h8,13,15H,5-7,9-12,18H2,1-4H3,(H,19,20)/b14-8+. The van der Waals surface area contributed by atoms with Gasteiger partial charge in [-0.15, -0.1) is 0 Å². The summed E-state index contributed by atoms with van der Waals surface area (Å²) < 4.78 is 22.8. The molecule has 0 heterocycles. The molecule has 0 saturated heterocycles. The highest BCUT2D eigenvalue weighted by atomic mass is 32.2. The van der Waals surface area contributed by atoms with Crippen LogP contribution in [0.15, 0.2) is 11.6 Å². The average Bonchev–Trinajstić information content (AvgIpc) is 2.54. The molecule has 0 bridgehead atoms. The summed E-state index contributed by atoms with van der Waals surface area (Å²) in [7, 11) is -1.70. The number of hydrogen-bond acceptors (Lipinski definition) is 7. The molecule has 152 valence electrons. The Labute approximate surface area is 160 Å². The molecular weight excluding hydrogens is 377 g/mol. The molecule has 0 fully saturated rings. The second-order valence-electron chi connectivity index (χ2n) is 6.35. The van der Waals surface area contributed by atoms with E-state index in [1.807, 2.05) is 13.8 Å². The molecule has 2 atom stereocenters. The summed E-state index contributed by atoms with van der Waals surface area (Å²) >= 11 is 1.51. The number of thioether (sulfide) groups is 1. The van der Waals surface area contributed by atoms with E-state index in [1.54, 1.807) is 13.0 Å². The highest BCUT2D eigenvalue weighted by molar-refractivity contribution is 7.99. The number of carbonyl (C=O) groups is 2. The predicted molar refractivity (Wildman–Crippen MR) is 106 cm³/mol. The minimum Gasteiger partial charge on any atom is -0.478 e. The highest BCUT2D eigenvalue weighted by Gasteiger charge is 2.28. The van der Waals surface area contributed by atoms with Gasteiger partial charge in [-0.2, -0.15) is 11.8 Å². The minimum atomic E-state index is -3.00. The van der Waals surface area contributed by atoms with E-state index < -0.39 is 25.3 Å². The van der Waals surface area contributed by atoms with Crippen LogP contribution >= 0.6 is 19.1 Å². The van der Waals surface area contributed by atoms with E-state index in [0.29, 0.717) is 24.9 Å². The Kier molecular flexibility index (Phi) is 12.9. The first kappa shape index (κ1) is 25.2. The van der Waals surface area contributed by atoms with Crippen LogP contribution in [-0.2, 0) is 23.4 Å². The van der Waals surface area contributed by atoms with Gasteiger partial charge in [0, 0.05) is 17.5 Å². The maximum atomic E-state index is 12.9. The van der Waals surface area contributed by atoms with Crippen LogP contribution in [0.1, 0.15) is 33.6 Å². The van der Waals surface area contributed by atoms with Crippen LogP contribution in [0, 0.1) is 5.92 Å². The Balaban J connectivity index is 4.54. The van der Waals surface area contributed by atoms with Crippen LogP contribution in [0.2, 0.25) is 0 Å². The summed E-state index contributed by atoms with van der Waals surface area (Å²) in [6, 6.07) is -0.650. The second kappa shape index (κ2) is 13.4. The Morgan fingerprint density at radius 2 is 2.00 bits per heavy atom. The van der Waals surface area contributed by atoms with Crippen molar-refractivity contribution in [1.29, 1.82) is 0 Å². The van der Waals surface area contributed by atoms with Crippen molar-refractivity contribution in [3.8, 4) is 0 Å². The zero-order chi connectivity index (χ0) is 20.2. The second-order valence-corrected chi connectivity index (χ2v) is 10.1. The number of carbonyl (C=O) groups excluding carboxylic acids is 1. The van der Waals surface area contributed by atoms with Gasteiger partial charge in [0.15, 0.2) is 0 Å². The van der Waals surface area contributed by atoms with E-state index in [0.717, 1.165) is 12.2 Å². The number of hydrogen-bond donors (Lipinski definition) is 2. The Hall–Kier alpha value is -0.820. The first-order valence-corrected chi connectivity index (χ1v) is 11.9. The predicted octanol–water partition coefficient (Wildman–Crippen LogP) is 2.98. The molecule has 9 heteroatoms. The lowest BCUT2D eigenvalue weighted by Crippen LogP contribution is -2.33. The first-order valence-electron chi connectivity index (χ1n) is 8.71. The van der Waals surface area contributed by atoms with Crippen LogP contribution in [0.4, 0.5) is 0 Å². The lowest BCUT2D eigenvalue weighted by molar-refractivity contribution is -0.141. The Bertz CT molecular complexity index is 523. The van der Waals surface area contributed by atoms with Crippen molar-refractivity contribution in [3.63, 3.8) is 0 Å². The molecule has 0 rings (SSSR count). The average molecular weight is 409 g/mol. The molecule has 7 nitrogen and oxygen atoms in total. The van der Waals surface area contributed by atoms with Crippen molar-refractivity contribution in [2.24, 2.45) is 11.7 Å². The number of methoxy groups -OCH3 is 1. The number of carboxylic acid groups (broad SMARTS) is 1. The number of nitrogens with two attached hydrogens (primary N) is 1. The van der Waals surface area contributed by atoms with Gasteiger partial charge in [0.1, 0.15) is 6.04 Å². The molecular formula is C17H32NO6PS. The first-order chi connectivity index (χ1) is 12.1. The molecule has 0 aromatic rings. The number of unbranched alkanes of at least 4 members (excludes halogenated alkanes) is 1. The monoisotopic (exact) mass is 409 g/mol. The molecule has 0 aromatic carbocycles. The summed E-state index contributed by atoms with van der Waals surface area (Å²) in [5.74, 6) is -0.145. The summed E-state index contributed by atoms with van der Waals surface area (Å²) in [6.45, 7) is 5.93. The number of esters is 1. The third kappa shape index (κ3) is 11.0. The Morgan fingerprint density at radius 1 is 1.35 bits per heavy atom. The third-order valence-electron chi connectivity index (χ3n) is 3.38. The molecule has 0 saturated carbocycles. The number of ether oxygens (including phenoxy) is 1. The van der Waals surface area contributed by atoms with Gasteiger partial charge in [-0.05, 0) is 31.4 Å². The van der Waals surface area contributed by atoms with Gasteiger partial charge in [-0.25, -0.2) is 4.79 Å². The summed E-state index contributed by atoms with van der Waals surface area (Å²) in [4.78, 5) is 22.7. The Morgan fingerprint density at radius 3 is 2.50 bits per heavy atom. The van der Waals surface area contributed by atoms with Crippen LogP contribution in [0.5, 0.6) is 0 Å². The topological polar surface area (TPSA) is 116 Å². The molecule has 0 amide bonds. The minimum absolute atomic E-state index is 0.0469. The summed E-state index contributed by atoms with van der Waals surface area (Å²) in [5.41, 5.74) is 5.78. The van der Waals surface area contributed by atoms with Gasteiger partial charge in [0.05, 0.1) is 19.9 Å². The van der Waals surface area contributed by atoms with Crippen molar-refractivity contribution in [3.05, 3.63) is 11.6 Å². The highest BCUT2D eigenvalue weighted by Crippen LogP contribution is 2.50. The number of rotatable bonds is 14. The van der Waals surface area contributed by atoms with E-state index in [2.05, 4.69) is 4.74 Å². The van der Waals surface area contributed by atoms with Gasteiger partial charge >= 0.3 is 11.9 Å². The van der Waals surface area contributed by atoms with Crippen LogP contribution in [-0.4, -0.2) is 60.6 Å². The molecule has 26 heavy (non-hydrogen) atoms. The van der Waals surface area contributed by atoms with E-state index in [9.17, 15) is 19.3 Å². The normalized spacial score (nSPS) is 15.5. The van der Waals surface area contributed by atoms with Crippen molar-refractivity contribution in [2.45, 2.75) is 39.7 Å². The molecule has 0 aliphatic heterocycles. The quantitative estimate of drug-likeness (QED) is 0.195. The van der Waals surface area contributed by atoms with Crippen LogP contribution < -0.4 is 5.73 Å². The van der Waals surface area contributed by atoms with Gasteiger partial charge < -0.3 is 20.1 Å². The number of allylic oxidation sites excluding steroid dienone is 1. The smallest absolute Gasteiger partial charge is 0.331 e. The van der Waals surface area contributed by atoms with Gasteiger partial charge in [0.25, 0.3) is 0 Å². The molecule has 2 unspecified atom stereocenters. The molecule has 0 spiro atoms. The molecule has 3 N–H and O–H groups in total. The lowest BCUT2D eigenvalue weighted by Gasteiger charge is -2.20. The fourth-order valence-corrected chi connectivity index (χ4v) is 5.94. The van der Waals surface area contributed by atoms with Crippen LogP contribution in [0.3, 0.4) is 0 Å². The van der Waals surface area contributed by atoms with Gasteiger partial charge in [-0.3, -0.25) is 9.36 Å². The summed E-state index contributed by atoms with van der Waals surface area (Å²) in [6.07, 6.45) is 3.23. The molecule has 0 aromatic heterocycles. The zero-order valence-electron chi connectivity index (χ0n) is 16.1. The fourth-order valence-electron chi connectivity index (χ4n) is 2.32. The SMILES string of the molecule is CCOP(=O)(C/C(=C\CCCSCC(N)C(=O)OC)C(=O)O)CC(C)C. The van der Waals surface area contributed by atoms with Crippen LogP contribution in [0.25, 0.3) is 0 Å². The number of aliphatic carboxylic acids is 1. The summed E-state index contributed by atoms with van der Waals surface area (Å²) in [5, 5.41) is 9.38. The van der Waals surface area contributed by atoms with Crippen molar-refractivity contribution in [1.82, 2.24) is 0 Å². The van der Waals surface area contributed by atoms with Crippen molar-refractivity contribution < 1.29 is 28.5 Å². The van der Waals surface area contributed by atoms with E-state index in [1.165, 1.54) is 18.9 Å². The fraction of sp³-hybridized carbons (Fsp3) is 0.765. The zero-order valence-corrected chi connectivity index (χ0v) is 17.8. The third-order valence-corrected chi connectivity index (χ3v) is 7.39. The van der Waals surface area contributed by atoms with Gasteiger partial charge in [-0.1, -0.05) is 19.9 Å². The lowest BCUT2D eigenvalue weighted by atomic mass is 10.2. The maximum absolute atomic E-state index is 12.9. The maximum Gasteiger partial charge on any atom is 0.331 e. The van der Waals surface area contributed by atoms with Gasteiger partial charge in [0.2, 0.25) is 7.37 Å². The number of carboxylic acids is 1.